The fourth-order valence-electron chi connectivity index (χ4n) is 3.00. The van der Waals surface area contributed by atoms with Gasteiger partial charge in [0.2, 0.25) is 5.91 Å². The summed E-state index contributed by atoms with van der Waals surface area (Å²) < 4.78 is 0. The van der Waals surface area contributed by atoms with Crippen LogP contribution in [0.25, 0.3) is 0 Å². The molecule has 3 amide bonds. The lowest BCUT2D eigenvalue weighted by molar-refractivity contribution is -0.139. The van der Waals surface area contributed by atoms with Gasteiger partial charge in [0, 0.05) is 30.2 Å². The highest BCUT2D eigenvalue weighted by molar-refractivity contribution is 6.39. The normalized spacial score (nSPS) is 11.5. The molecular formula is C25H21Cl2N5O5. The third kappa shape index (κ3) is 8.13. The first kappa shape index (κ1) is 27.3. The zero-order valence-corrected chi connectivity index (χ0v) is 20.7. The van der Waals surface area contributed by atoms with Crippen LogP contribution >= 0.6 is 23.2 Å². The largest absolute Gasteiger partial charge is 0.481 e. The summed E-state index contributed by atoms with van der Waals surface area (Å²) in [4.78, 5) is 56.2. The van der Waals surface area contributed by atoms with Crippen LogP contribution in [-0.2, 0) is 9.59 Å². The van der Waals surface area contributed by atoms with Gasteiger partial charge < -0.3 is 21.1 Å². The minimum absolute atomic E-state index is 0.0581. The first-order valence-corrected chi connectivity index (χ1v) is 11.6. The van der Waals surface area contributed by atoms with E-state index < -0.39 is 36.2 Å². The number of aliphatic carboxylic acids is 1. The molecule has 3 aromatic rings. The average Bonchev–Trinajstić information content (AvgIpc) is 2.87. The number of nitrogens with one attached hydrogen (secondary N) is 3. The number of aliphatic imine (C=N–C) groups is 1. The number of benzene rings is 2. The van der Waals surface area contributed by atoms with Gasteiger partial charge in [-0.25, -0.2) is 9.98 Å². The Bertz CT molecular complexity index is 1310. The number of carbonyl (C=O) groups excluding carboxylic acids is 3. The predicted octanol–water partition coefficient (Wildman–Crippen LogP) is 3.59. The molecule has 0 aliphatic rings. The summed E-state index contributed by atoms with van der Waals surface area (Å²) in [5, 5.41) is 17.5. The van der Waals surface area contributed by atoms with Gasteiger partial charge in [-0.05, 0) is 42.5 Å². The minimum atomic E-state index is -1.32. The zero-order valence-electron chi connectivity index (χ0n) is 19.2. The quantitative estimate of drug-likeness (QED) is 0.286. The summed E-state index contributed by atoms with van der Waals surface area (Å²) in [6.45, 7) is -0.755. The smallest absolute Gasteiger partial charge is 0.313 e. The van der Waals surface area contributed by atoms with Crippen LogP contribution in [0.15, 0.2) is 71.9 Å². The Morgan fingerprint density at radius 3 is 2.38 bits per heavy atom. The molecule has 3 rings (SSSR count). The molecule has 10 nitrogen and oxygen atoms in total. The average molecular weight is 542 g/mol. The summed E-state index contributed by atoms with van der Waals surface area (Å²) in [6.07, 6.45) is 2.52. The lowest BCUT2D eigenvalue weighted by Crippen LogP contribution is -2.40. The standard InChI is InChI=1S/C25H21Cl2N5O5/c26-18-7-4-8-19(27)22(18)24(35)30-13-16(25(36)37)12-29-21(33)14-31-23(34)15-5-3-6-17(11-15)32-20-9-1-2-10-28-20/h1-11,13,16H,12,14H2,(H,28,32)(H,29,33)(H,31,34)(H,36,37). The number of aromatic nitrogens is 1. The summed E-state index contributed by atoms with van der Waals surface area (Å²) >= 11 is 11.9. The van der Waals surface area contributed by atoms with Crippen molar-refractivity contribution in [2.75, 3.05) is 18.4 Å². The van der Waals surface area contributed by atoms with Crippen LogP contribution in [0.2, 0.25) is 10.0 Å². The van der Waals surface area contributed by atoms with Gasteiger partial charge in [0.05, 0.1) is 22.2 Å². The molecule has 0 saturated carbocycles. The number of hydrogen-bond acceptors (Lipinski definition) is 6. The van der Waals surface area contributed by atoms with Crippen LogP contribution in [-0.4, -0.2) is 53.1 Å². The van der Waals surface area contributed by atoms with E-state index in [-0.39, 0.29) is 22.2 Å². The Morgan fingerprint density at radius 1 is 0.973 bits per heavy atom. The molecule has 1 aromatic heterocycles. The van der Waals surface area contributed by atoms with E-state index in [1.165, 1.54) is 12.1 Å². The van der Waals surface area contributed by atoms with E-state index in [1.807, 2.05) is 6.07 Å². The van der Waals surface area contributed by atoms with Crippen molar-refractivity contribution in [2.24, 2.45) is 10.9 Å². The SMILES string of the molecule is O=C(CNC(=O)c1cccc(Nc2ccccn2)c1)NCC(C=NC(=O)c1c(Cl)cccc1Cl)C(=O)O. The molecule has 0 radical (unpaired) electrons. The highest BCUT2D eigenvalue weighted by Crippen LogP contribution is 2.25. The van der Waals surface area contributed by atoms with Crippen molar-refractivity contribution < 1.29 is 24.3 Å². The maximum absolute atomic E-state index is 12.5. The molecule has 12 heteroatoms. The minimum Gasteiger partial charge on any atom is -0.481 e. The molecule has 0 spiro atoms. The topological polar surface area (TPSA) is 150 Å². The first-order chi connectivity index (χ1) is 17.7. The van der Waals surface area contributed by atoms with Gasteiger partial charge in [0.1, 0.15) is 11.7 Å². The van der Waals surface area contributed by atoms with Gasteiger partial charge >= 0.3 is 5.97 Å². The third-order valence-electron chi connectivity index (χ3n) is 4.86. The number of carbonyl (C=O) groups is 4. The number of carboxylic acid groups (broad SMARTS) is 1. The van der Waals surface area contributed by atoms with E-state index in [2.05, 4.69) is 25.9 Å². The van der Waals surface area contributed by atoms with Gasteiger partial charge in [0.15, 0.2) is 0 Å². The van der Waals surface area contributed by atoms with Crippen LogP contribution < -0.4 is 16.0 Å². The van der Waals surface area contributed by atoms with E-state index in [9.17, 15) is 24.3 Å². The van der Waals surface area contributed by atoms with E-state index >= 15 is 0 Å². The van der Waals surface area contributed by atoms with E-state index in [4.69, 9.17) is 23.2 Å². The maximum Gasteiger partial charge on any atom is 0.313 e. The molecule has 0 bridgehead atoms. The van der Waals surface area contributed by atoms with Crippen molar-refractivity contribution in [2.45, 2.75) is 0 Å². The van der Waals surface area contributed by atoms with Crippen molar-refractivity contribution in [3.63, 3.8) is 0 Å². The monoisotopic (exact) mass is 541 g/mol. The second kappa shape index (κ2) is 13.1. The van der Waals surface area contributed by atoms with Crippen molar-refractivity contribution in [3.8, 4) is 0 Å². The molecule has 37 heavy (non-hydrogen) atoms. The van der Waals surface area contributed by atoms with Crippen molar-refractivity contribution >= 4 is 64.6 Å². The number of anilines is 2. The molecule has 0 saturated heterocycles. The Kier molecular flexibility index (Phi) is 9.70. The summed E-state index contributed by atoms with van der Waals surface area (Å²) in [5.74, 6) is -3.97. The lowest BCUT2D eigenvalue weighted by Gasteiger charge is -2.11. The van der Waals surface area contributed by atoms with Gasteiger partial charge in [-0.15, -0.1) is 0 Å². The zero-order chi connectivity index (χ0) is 26.8. The molecule has 1 atom stereocenters. The third-order valence-corrected chi connectivity index (χ3v) is 5.49. The number of carboxylic acids is 1. The van der Waals surface area contributed by atoms with Crippen LogP contribution in [0.4, 0.5) is 11.5 Å². The molecule has 0 aliphatic carbocycles. The fourth-order valence-corrected chi connectivity index (χ4v) is 3.56. The van der Waals surface area contributed by atoms with Crippen molar-refractivity contribution in [3.05, 3.63) is 88.0 Å². The fraction of sp³-hybridized carbons (Fsp3) is 0.120. The molecule has 0 fully saturated rings. The van der Waals surface area contributed by atoms with Crippen molar-refractivity contribution in [1.82, 2.24) is 15.6 Å². The summed E-state index contributed by atoms with van der Waals surface area (Å²) in [6, 6.07) is 16.4. The number of rotatable bonds is 10. The summed E-state index contributed by atoms with van der Waals surface area (Å²) in [5.41, 5.74) is 0.880. The molecule has 4 N–H and O–H groups in total. The molecule has 190 valence electrons. The van der Waals surface area contributed by atoms with E-state index in [1.54, 1.807) is 48.7 Å². The highest BCUT2D eigenvalue weighted by Gasteiger charge is 2.19. The lowest BCUT2D eigenvalue weighted by atomic mass is 10.1. The van der Waals surface area contributed by atoms with E-state index in [0.29, 0.717) is 17.1 Å². The van der Waals surface area contributed by atoms with E-state index in [0.717, 1.165) is 6.21 Å². The molecule has 1 unspecified atom stereocenters. The van der Waals surface area contributed by atoms with Gasteiger partial charge in [0.25, 0.3) is 11.8 Å². The number of halogens is 2. The Morgan fingerprint density at radius 2 is 1.70 bits per heavy atom. The molecule has 2 aromatic carbocycles. The second-order valence-corrected chi connectivity index (χ2v) is 8.35. The van der Waals surface area contributed by atoms with Gasteiger partial charge in [-0.3, -0.25) is 19.2 Å². The first-order valence-electron chi connectivity index (χ1n) is 10.8. The Balaban J connectivity index is 1.51. The van der Waals surface area contributed by atoms with Crippen molar-refractivity contribution in [1.29, 1.82) is 0 Å². The number of amides is 3. The van der Waals surface area contributed by atoms with Crippen LogP contribution in [0, 0.1) is 5.92 Å². The predicted molar refractivity (Wildman–Crippen MR) is 140 cm³/mol. The Hall–Kier alpha value is -4.28. The second-order valence-electron chi connectivity index (χ2n) is 7.53. The van der Waals surface area contributed by atoms with Gasteiger partial charge in [-0.2, -0.15) is 0 Å². The van der Waals surface area contributed by atoms with Crippen LogP contribution in [0.3, 0.4) is 0 Å². The summed E-state index contributed by atoms with van der Waals surface area (Å²) in [7, 11) is 0. The number of pyridine rings is 1. The molecular weight excluding hydrogens is 521 g/mol. The van der Waals surface area contributed by atoms with Crippen LogP contribution in [0.5, 0.6) is 0 Å². The number of hydrogen-bond donors (Lipinski definition) is 4. The maximum atomic E-state index is 12.5. The number of nitrogens with zero attached hydrogens (tertiary/aromatic N) is 2. The van der Waals surface area contributed by atoms with Gasteiger partial charge in [-0.1, -0.05) is 41.4 Å². The van der Waals surface area contributed by atoms with Crippen LogP contribution in [0.1, 0.15) is 20.7 Å². The Labute approximate surface area is 221 Å². The molecule has 0 aliphatic heterocycles. The highest BCUT2D eigenvalue weighted by atomic mass is 35.5. The molecule has 1 heterocycles.